The first-order valence-corrected chi connectivity index (χ1v) is 5.51. The van der Waals surface area contributed by atoms with E-state index < -0.39 is 30.9 Å². The van der Waals surface area contributed by atoms with E-state index in [0.29, 0.717) is 0 Å². The summed E-state index contributed by atoms with van der Waals surface area (Å²) in [5.41, 5.74) is 0.0554. The van der Waals surface area contributed by atoms with Crippen molar-refractivity contribution >= 4 is 17.6 Å². The number of carbonyl (C=O) groups is 2. The van der Waals surface area contributed by atoms with Crippen molar-refractivity contribution in [3.8, 4) is 5.75 Å². The van der Waals surface area contributed by atoms with Crippen LogP contribution in [0.1, 0.15) is 23.2 Å². The Labute approximate surface area is 112 Å². The number of aromatic carboxylic acids is 1. The molecule has 1 amide bonds. The van der Waals surface area contributed by atoms with Gasteiger partial charge in [0.05, 0.1) is 13.5 Å². The summed E-state index contributed by atoms with van der Waals surface area (Å²) in [4.78, 5) is 22.1. The summed E-state index contributed by atoms with van der Waals surface area (Å²) in [7, 11) is 1.25. The van der Waals surface area contributed by atoms with Crippen LogP contribution in [0.3, 0.4) is 0 Å². The van der Waals surface area contributed by atoms with E-state index in [-0.39, 0.29) is 17.0 Å². The lowest BCUT2D eigenvalue weighted by Crippen LogP contribution is -2.16. The van der Waals surface area contributed by atoms with Gasteiger partial charge in [0.2, 0.25) is 5.91 Å². The van der Waals surface area contributed by atoms with E-state index in [1.165, 1.54) is 25.3 Å². The molecule has 0 atom stereocenters. The minimum Gasteiger partial charge on any atom is -0.496 e. The molecule has 0 aliphatic heterocycles. The molecule has 0 fully saturated rings. The third kappa shape index (κ3) is 4.79. The summed E-state index contributed by atoms with van der Waals surface area (Å²) in [6.07, 6.45) is -6.32. The molecule has 0 aromatic heterocycles. The molecule has 0 aliphatic carbocycles. The van der Waals surface area contributed by atoms with Crippen molar-refractivity contribution in [2.24, 2.45) is 0 Å². The Morgan fingerprint density at radius 3 is 2.50 bits per heavy atom. The van der Waals surface area contributed by atoms with Crippen molar-refractivity contribution < 1.29 is 32.6 Å². The highest BCUT2D eigenvalue weighted by Crippen LogP contribution is 2.24. The summed E-state index contributed by atoms with van der Waals surface area (Å²) < 4.78 is 40.7. The average Bonchev–Trinajstić information content (AvgIpc) is 2.35. The Morgan fingerprint density at radius 1 is 1.35 bits per heavy atom. The Morgan fingerprint density at radius 2 is 2.00 bits per heavy atom. The van der Waals surface area contributed by atoms with Crippen molar-refractivity contribution in [1.82, 2.24) is 0 Å². The highest BCUT2D eigenvalue weighted by molar-refractivity contribution is 5.94. The number of carboxylic acid groups (broad SMARTS) is 1. The van der Waals surface area contributed by atoms with E-state index in [1.54, 1.807) is 0 Å². The van der Waals surface area contributed by atoms with Crippen LogP contribution in [0.15, 0.2) is 18.2 Å². The molecular formula is C12H12F3NO4. The zero-order valence-corrected chi connectivity index (χ0v) is 10.5. The number of hydrogen-bond acceptors (Lipinski definition) is 3. The van der Waals surface area contributed by atoms with Crippen LogP contribution < -0.4 is 10.1 Å². The molecule has 0 bridgehead atoms. The molecule has 1 aromatic rings. The number of carboxylic acids is 1. The van der Waals surface area contributed by atoms with Crippen molar-refractivity contribution in [2.75, 3.05) is 12.4 Å². The fourth-order valence-electron chi connectivity index (χ4n) is 1.42. The molecule has 0 heterocycles. The molecule has 0 spiro atoms. The fraction of sp³-hybridized carbons (Fsp3) is 0.333. The van der Waals surface area contributed by atoms with E-state index >= 15 is 0 Å². The Balaban J connectivity index is 2.74. The predicted molar refractivity (Wildman–Crippen MR) is 63.9 cm³/mol. The van der Waals surface area contributed by atoms with Crippen LogP contribution in [-0.4, -0.2) is 30.3 Å². The summed E-state index contributed by atoms with van der Waals surface area (Å²) in [5.74, 6) is -2.02. The maximum absolute atomic E-state index is 11.9. The van der Waals surface area contributed by atoms with E-state index in [0.717, 1.165) is 0 Å². The Kier molecular flexibility index (Phi) is 4.95. The van der Waals surface area contributed by atoms with Gasteiger partial charge in [-0.05, 0) is 12.1 Å². The van der Waals surface area contributed by atoms with Crippen molar-refractivity contribution in [3.05, 3.63) is 23.8 Å². The Hall–Kier alpha value is -2.25. The maximum atomic E-state index is 11.9. The van der Waals surface area contributed by atoms with Crippen LogP contribution >= 0.6 is 0 Å². The summed E-state index contributed by atoms with van der Waals surface area (Å²) in [5, 5.41) is 11.1. The number of alkyl halides is 3. The van der Waals surface area contributed by atoms with E-state index in [2.05, 4.69) is 5.32 Å². The minimum atomic E-state index is -4.40. The van der Waals surface area contributed by atoms with Gasteiger partial charge >= 0.3 is 12.1 Å². The van der Waals surface area contributed by atoms with Gasteiger partial charge in [-0.1, -0.05) is 0 Å². The molecule has 5 nitrogen and oxygen atoms in total. The molecule has 1 rings (SSSR count). The summed E-state index contributed by atoms with van der Waals surface area (Å²) in [6, 6.07) is 3.70. The molecule has 8 heteroatoms. The van der Waals surface area contributed by atoms with Crippen LogP contribution in [0.4, 0.5) is 18.9 Å². The topological polar surface area (TPSA) is 75.6 Å². The average molecular weight is 291 g/mol. The van der Waals surface area contributed by atoms with Crippen LogP contribution in [0, 0.1) is 0 Å². The third-order valence-corrected chi connectivity index (χ3v) is 2.35. The lowest BCUT2D eigenvalue weighted by molar-refractivity contribution is -0.142. The molecule has 110 valence electrons. The standard InChI is InChI=1S/C12H12F3NO4/c1-20-9-6-7(2-3-8(9)11(18)19)16-10(17)4-5-12(13,14)15/h2-3,6H,4-5H2,1H3,(H,16,17)(H,18,19). The number of nitrogens with one attached hydrogen (secondary N) is 1. The minimum absolute atomic E-state index is 0.00567. The van der Waals surface area contributed by atoms with Gasteiger partial charge in [-0.15, -0.1) is 0 Å². The number of carbonyl (C=O) groups excluding carboxylic acids is 1. The fourth-order valence-corrected chi connectivity index (χ4v) is 1.42. The summed E-state index contributed by atoms with van der Waals surface area (Å²) >= 11 is 0. The highest BCUT2D eigenvalue weighted by atomic mass is 19.4. The van der Waals surface area contributed by atoms with Gasteiger partial charge in [0.15, 0.2) is 0 Å². The SMILES string of the molecule is COc1cc(NC(=O)CCC(F)(F)F)ccc1C(=O)O. The van der Waals surface area contributed by atoms with Crippen molar-refractivity contribution in [2.45, 2.75) is 19.0 Å². The second-order valence-corrected chi connectivity index (χ2v) is 3.88. The first-order valence-electron chi connectivity index (χ1n) is 5.51. The monoisotopic (exact) mass is 291 g/mol. The van der Waals surface area contributed by atoms with Crippen LogP contribution in [0.5, 0.6) is 5.75 Å². The second kappa shape index (κ2) is 6.27. The molecule has 0 saturated carbocycles. The van der Waals surface area contributed by atoms with Gasteiger partial charge in [-0.2, -0.15) is 13.2 Å². The normalized spacial score (nSPS) is 11.0. The zero-order valence-electron chi connectivity index (χ0n) is 10.5. The number of halogens is 3. The van der Waals surface area contributed by atoms with E-state index in [9.17, 15) is 22.8 Å². The smallest absolute Gasteiger partial charge is 0.389 e. The number of anilines is 1. The third-order valence-electron chi connectivity index (χ3n) is 2.35. The lowest BCUT2D eigenvalue weighted by Gasteiger charge is -2.10. The number of ether oxygens (including phenoxy) is 1. The van der Waals surface area contributed by atoms with Gasteiger partial charge in [0.1, 0.15) is 11.3 Å². The van der Waals surface area contributed by atoms with Crippen LogP contribution in [0.2, 0.25) is 0 Å². The number of amides is 1. The quantitative estimate of drug-likeness (QED) is 0.874. The van der Waals surface area contributed by atoms with E-state index in [1.807, 2.05) is 0 Å². The van der Waals surface area contributed by atoms with Gasteiger partial charge < -0.3 is 15.2 Å². The van der Waals surface area contributed by atoms with Crippen molar-refractivity contribution in [3.63, 3.8) is 0 Å². The van der Waals surface area contributed by atoms with Gasteiger partial charge in [-0.25, -0.2) is 4.79 Å². The summed E-state index contributed by atoms with van der Waals surface area (Å²) in [6.45, 7) is 0. The molecule has 20 heavy (non-hydrogen) atoms. The molecular weight excluding hydrogens is 279 g/mol. The molecule has 0 unspecified atom stereocenters. The molecule has 0 saturated heterocycles. The van der Waals surface area contributed by atoms with Gasteiger partial charge in [-0.3, -0.25) is 4.79 Å². The highest BCUT2D eigenvalue weighted by Gasteiger charge is 2.27. The van der Waals surface area contributed by atoms with Crippen molar-refractivity contribution in [1.29, 1.82) is 0 Å². The lowest BCUT2D eigenvalue weighted by atomic mass is 10.1. The number of hydrogen-bond donors (Lipinski definition) is 2. The van der Waals surface area contributed by atoms with Crippen LogP contribution in [0.25, 0.3) is 0 Å². The molecule has 1 aromatic carbocycles. The Bertz CT molecular complexity index is 514. The zero-order chi connectivity index (χ0) is 15.3. The van der Waals surface area contributed by atoms with Gasteiger partial charge in [0, 0.05) is 18.2 Å². The molecule has 0 radical (unpaired) electrons. The number of methoxy groups -OCH3 is 1. The maximum Gasteiger partial charge on any atom is 0.389 e. The number of benzene rings is 1. The largest absolute Gasteiger partial charge is 0.496 e. The number of rotatable bonds is 5. The van der Waals surface area contributed by atoms with Crippen LogP contribution in [-0.2, 0) is 4.79 Å². The molecule has 2 N–H and O–H groups in total. The van der Waals surface area contributed by atoms with E-state index in [4.69, 9.17) is 9.84 Å². The van der Waals surface area contributed by atoms with Gasteiger partial charge in [0.25, 0.3) is 0 Å². The molecule has 0 aliphatic rings. The first-order chi connectivity index (χ1) is 9.23. The first kappa shape index (κ1) is 15.8. The predicted octanol–water partition coefficient (Wildman–Crippen LogP) is 2.67. The second-order valence-electron chi connectivity index (χ2n) is 3.88.